The smallest absolute Gasteiger partial charge is 0.260 e. The molecule has 4 rings (SSSR count). The molecule has 152 valence electrons. The third kappa shape index (κ3) is 3.72. The summed E-state index contributed by atoms with van der Waals surface area (Å²) in [6.45, 7) is 2.64. The van der Waals surface area contributed by atoms with Crippen molar-refractivity contribution < 1.29 is 9.53 Å². The van der Waals surface area contributed by atoms with E-state index in [1.807, 2.05) is 37.3 Å². The van der Waals surface area contributed by atoms with E-state index in [9.17, 15) is 4.79 Å². The second kappa shape index (κ2) is 8.56. The molecule has 1 aliphatic heterocycles. The van der Waals surface area contributed by atoms with Crippen LogP contribution in [0.4, 0.5) is 5.82 Å². The van der Waals surface area contributed by atoms with Crippen molar-refractivity contribution in [2.75, 3.05) is 25.2 Å². The molecule has 2 aromatic carbocycles. The second-order valence-corrected chi connectivity index (χ2v) is 7.65. The van der Waals surface area contributed by atoms with Gasteiger partial charge >= 0.3 is 0 Å². The first-order valence-corrected chi connectivity index (χ1v) is 10.2. The van der Waals surface area contributed by atoms with Gasteiger partial charge in [-0.15, -0.1) is 0 Å². The van der Waals surface area contributed by atoms with Gasteiger partial charge in [0, 0.05) is 28.3 Å². The molecule has 0 bridgehead atoms. The van der Waals surface area contributed by atoms with Crippen molar-refractivity contribution in [1.29, 1.82) is 0 Å². The van der Waals surface area contributed by atoms with Crippen LogP contribution in [0.25, 0.3) is 23.0 Å². The minimum Gasteiger partial charge on any atom is -0.383 e. The zero-order chi connectivity index (χ0) is 21.3. The number of carbonyl (C=O) groups is 1. The second-order valence-electron chi connectivity index (χ2n) is 6.84. The Labute approximate surface area is 184 Å². The number of amides is 1. The van der Waals surface area contributed by atoms with Crippen molar-refractivity contribution in [3.8, 4) is 11.4 Å². The van der Waals surface area contributed by atoms with Gasteiger partial charge in [-0.25, -0.2) is 9.97 Å². The molecule has 0 fully saturated rings. The number of hydrogen-bond donors (Lipinski definition) is 0. The summed E-state index contributed by atoms with van der Waals surface area (Å²) in [5, 5.41) is 0.943. The molecule has 0 spiro atoms. The summed E-state index contributed by atoms with van der Waals surface area (Å²) in [6.07, 6.45) is 1.72. The number of benzene rings is 2. The summed E-state index contributed by atoms with van der Waals surface area (Å²) in [6, 6.07) is 14.9. The Hall–Kier alpha value is -2.73. The van der Waals surface area contributed by atoms with Gasteiger partial charge in [0.1, 0.15) is 5.82 Å². The molecule has 0 radical (unpaired) electrons. The predicted octanol–water partition coefficient (Wildman–Crippen LogP) is 5.29. The largest absolute Gasteiger partial charge is 0.383 e. The van der Waals surface area contributed by atoms with E-state index >= 15 is 0 Å². The fourth-order valence-electron chi connectivity index (χ4n) is 3.45. The molecule has 1 amide bonds. The van der Waals surface area contributed by atoms with Gasteiger partial charge in [0.25, 0.3) is 5.91 Å². The van der Waals surface area contributed by atoms with E-state index in [4.69, 9.17) is 32.9 Å². The maximum atomic E-state index is 13.3. The highest BCUT2D eigenvalue weighted by molar-refractivity contribution is 6.40. The normalized spacial score (nSPS) is 14.5. The Morgan fingerprint density at radius 1 is 1.03 bits per heavy atom. The molecular weight excluding hydrogens is 421 g/mol. The SMILES string of the molecule is COCCN1C(=O)/C(=C\c2c(Cl)cccc2Cl)c2c(C)nc(-c3ccccc3)nc21. The number of anilines is 1. The van der Waals surface area contributed by atoms with E-state index in [0.717, 1.165) is 5.56 Å². The van der Waals surface area contributed by atoms with E-state index in [1.54, 1.807) is 36.3 Å². The van der Waals surface area contributed by atoms with Crippen molar-refractivity contribution in [3.63, 3.8) is 0 Å². The number of carbonyl (C=O) groups excluding carboxylic acids is 1. The lowest BCUT2D eigenvalue weighted by molar-refractivity contribution is -0.113. The molecule has 7 heteroatoms. The van der Waals surface area contributed by atoms with Gasteiger partial charge in [-0.05, 0) is 25.1 Å². The average Bonchev–Trinajstić information content (AvgIpc) is 3.01. The highest BCUT2D eigenvalue weighted by Crippen LogP contribution is 2.40. The van der Waals surface area contributed by atoms with E-state index < -0.39 is 0 Å². The summed E-state index contributed by atoms with van der Waals surface area (Å²) in [5.41, 5.74) is 3.34. The molecule has 0 atom stereocenters. The van der Waals surface area contributed by atoms with E-state index in [-0.39, 0.29) is 5.91 Å². The Bertz CT molecular complexity index is 1130. The summed E-state index contributed by atoms with van der Waals surface area (Å²) in [7, 11) is 1.60. The fourth-order valence-corrected chi connectivity index (χ4v) is 3.96. The Kier molecular flexibility index (Phi) is 5.86. The number of nitrogens with zero attached hydrogens (tertiary/aromatic N) is 3. The summed E-state index contributed by atoms with van der Waals surface area (Å²) < 4.78 is 5.21. The van der Waals surface area contributed by atoms with Crippen LogP contribution < -0.4 is 4.90 Å². The van der Waals surface area contributed by atoms with Gasteiger partial charge in [-0.2, -0.15) is 0 Å². The Morgan fingerprint density at radius 2 is 1.73 bits per heavy atom. The molecule has 0 aliphatic carbocycles. The molecular formula is C23H19Cl2N3O2. The molecule has 0 unspecified atom stereocenters. The lowest BCUT2D eigenvalue weighted by Crippen LogP contribution is -2.30. The van der Waals surface area contributed by atoms with E-state index in [0.29, 0.717) is 57.2 Å². The van der Waals surface area contributed by atoms with Gasteiger partial charge in [-0.1, -0.05) is 59.6 Å². The van der Waals surface area contributed by atoms with Crippen molar-refractivity contribution in [1.82, 2.24) is 9.97 Å². The summed E-state index contributed by atoms with van der Waals surface area (Å²) in [5.74, 6) is 0.956. The summed E-state index contributed by atoms with van der Waals surface area (Å²) in [4.78, 5) is 24.4. The molecule has 3 aromatic rings. The van der Waals surface area contributed by atoms with Gasteiger partial charge in [0.05, 0.1) is 30.0 Å². The van der Waals surface area contributed by atoms with Gasteiger partial charge in [0.2, 0.25) is 0 Å². The number of hydrogen-bond acceptors (Lipinski definition) is 4. The Morgan fingerprint density at radius 3 is 2.40 bits per heavy atom. The molecule has 2 heterocycles. The van der Waals surface area contributed by atoms with E-state index in [2.05, 4.69) is 4.98 Å². The van der Waals surface area contributed by atoms with Crippen LogP contribution in [0.15, 0.2) is 48.5 Å². The monoisotopic (exact) mass is 439 g/mol. The van der Waals surface area contributed by atoms with Crippen LogP contribution in [0.1, 0.15) is 16.8 Å². The van der Waals surface area contributed by atoms with Gasteiger partial charge in [0.15, 0.2) is 5.82 Å². The third-order valence-electron chi connectivity index (χ3n) is 4.91. The Balaban J connectivity index is 1.90. The van der Waals surface area contributed by atoms with Crippen molar-refractivity contribution in [2.45, 2.75) is 6.92 Å². The zero-order valence-electron chi connectivity index (χ0n) is 16.5. The first-order valence-electron chi connectivity index (χ1n) is 9.42. The number of rotatable bonds is 5. The van der Waals surface area contributed by atoms with Crippen molar-refractivity contribution in [3.05, 3.63) is 75.4 Å². The standard InChI is InChI=1S/C23H19Cl2N3O2/c1-14-20-17(13-16-18(24)9-6-10-19(16)25)23(29)28(11-12-30-2)22(20)27-21(26-14)15-7-4-3-5-8-15/h3-10,13H,11-12H2,1-2H3/b17-13-. The van der Waals surface area contributed by atoms with Crippen LogP contribution in [-0.4, -0.2) is 36.1 Å². The highest BCUT2D eigenvalue weighted by Gasteiger charge is 2.36. The first kappa shape index (κ1) is 20.5. The molecule has 1 aromatic heterocycles. The number of aromatic nitrogens is 2. The van der Waals surface area contributed by atoms with Gasteiger partial charge < -0.3 is 4.74 Å². The topological polar surface area (TPSA) is 55.3 Å². The van der Waals surface area contributed by atoms with Crippen LogP contribution >= 0.6 is 23.2 Å². The molecule has 0 N–H and O–H groups in total. The lowest BCUT2D eigenvalue weighted by Gasteiger charge is -2.16. The number of halogens is 2. The van der Waals surface area contributed by atoms with Crippen LogP contribution in [0, 0.1) is 6.92 Å². The first-order chi connectivity index (χ1) is 14.5. The predicted molar refractivity (Wildman–Crippen MR) is 121 cm³/mol. The minimum absolute atomic E-state index is 0.180. The van der Waals surface area contributed by atoms with Crippen LogP contribution in [0.5, 0.6) is 0 Å². The number of aryl methyl sites for hydroxylation is 1. The number of methoxy groups -OCH3 is 1. The maximum Gasteiger partial charge on any atom is 0.260 e. The lowest BCUT2D eigenvalue weighted by atomic mass is 10.0. The van der Waals surface area contributed by atoms with Crippen molar-refractivity contribution >= 4 is 46.6 Å². The highest BCUT2D eigenvalue weighted by atomic mass is 35.5. The zero-order valence-corrected chi connectivity index (χ0v) is 18.0. The minimum atomic E-state index is -0.180. The molecule has 0 saturated carbocycles. The van der Waals surface area contributed by atoms with Crippen molar-refractivity contribution in [2.24, 2.45) is 0 Å². The van der Waals surface area contributed by atoms with Crippen LogP contribution in [0.3, 0.4) is 0 Å². The number of ether oxygens (including phenoxy) is 1. The molecule has 1 aliphatic rings. The van der Waals surface area contributed by atoms with Crippen LogP contribution in [0.2, 0.25) is 10.0 Å². The molecule has 5 nitrogen and oxygen atoms in total. The van der Waals surface area contributed by atoms with E-state index in [1.165, 1.54) is 0 Å². The third-order valence-corrected chi connectivity index (χ3v) is 5.57. The molecule has 0 saturated heterocycles. The summed E-state index contributed by atoms with van der Waals surface area (Å²) >= 11 is 12.7. The maximum absolute atomic E-state index is 13.3. The number of fused-ring (bicyclic) bond motifs is 1. The fraction of sp³-hybridized carbons (Fsp3) is 0.174. The average molecular weight is 440 g/mol. The molecule has 30 heavy (non-hydrogen) atoms. The van der Waals surface area contributed by atoms with Crippen LogP contribution in [-0.2, 0) is 9.53 Å². The van der Waals surface area contributed by atoms with Gasteiger partial charge in [-0.3, -0.25) is 9.69 Å². The quantitative estimate of drug-likeness (QED) is 0.506.